The molecule has 2 rings (SSSR count). The summed E-state index contributed by atoms with van der Waals surface area (Å²) >= 11 is 0. The molecule has 1 aliphatic heterocycles. The van der Waals surface area contributed by atoms with E-state index in [0.29, 0.717) is 12.0 Å². The third-order valence-electron chi connectivity index (χ3n) is 2.83. The fourth-order valence-electron chi connectivity index (χ4n) is 2.09. The van der Waals surface area contributed by atoms with Gasteiger partial charge in [0, 0.05) is 13.0 Å². The Morgan fingerprint density at radius 3 is 3.33 bits per heavy atom. The summed E-state index contributed by atoms with van der Waals surface area (Å²) in [5.74, 6) is 1.88. The maximum Gasteiger partial charge on any atom is 0.0952 e. The Morgan fingerprint density at radius 2 is 2.50 bits per heavy atom. The van der Waals surface area contributed by atoms with E-state index in [4.69, 9.17) is 9.47 Å². The molecule has 1 saturated heterocycles. The predicted octanol–water partition coefficient (Wildman–Crippen LogP) is 2.11. The molecule has 0 aromatic carbocycles. The van der Waals surface area contributed by atoms with Gasteiger partial charge in [-0.3, -0.25) is 0 Å². The van der Waals surface area contributed by atoms with E-state index in [1.54, 1.807) is 7.11 Å². The second-order valence-electron chi connectivity index (χ2n) is 3.62. The highest BCUT2D eigenvalue weighted by Crippen LogP contribution is 2.33. The van der Waals surface area contributed by atoms with Crippen molar-refractivity contribution in [1.29, 1.82) is 0 Å². The Morgan fingerprint density at radius 1 is 1.58 bits per heavy atom. The number of fused-ring (bicyclic) bond motifs is 1. The molecule has 2 heteroatoms. The maximum atomic E-state index is 5.58. The molecule has 1 heterocycles. The molecule has 68 valence electrons. The van der Waals surface area contributed by atoms with Crippen LogP contribution in [-0.4, -0.2) is 19.8 Å². The van der Waals surface area contributed by atoms with E-state index >= 15 is 0 Å². The van der Waals surface area contributed by atoms with E-state index in [9.17, 15) is 0 Å². The minimum Gasteiger partial charge on any atom is -0.498 e. The van der Waals surface area contributed by atoms with Crippen molar-refractivity contribution in [3.05, 3.63) is 11.8 Å². The molecule has 0 amide bonds. The lowest BCUT2D eigenvalue weighted by Gasteiger charge is -2.32. The number of allylic oxidation sites excluding steroid dienone is 1. The Balaban J connectivity index is 2.02. The monoisotopic (exact) mass is 168 g/mol. The molecular weight excluding hydrogens is 152 g/mol. The van der Waals surface area contributed by atoms with Crippen LogP contribution in [0.4, 0.5) is 0 Å². The van der Waals surface area contributed by atoms with Gasteiger partial charge in [0.05, 0.1) is 18.5 Å². The number of hydrogen-bond acceptors (Lipinski definition) is 2. The zero-order valence-corrected chi connectivity index (χ0v) is 7.58. The zero-order valence-electron chi connectivity index (χ0n) is 7.58. The zero-order chi connectivity index (χ0) is 8.39. The predicted molar refractivity (Wildman–Crippen MR) is 46.8 cm³/mol. The molecule has 2 aliphatic rings. The van der Waals surface area contributed by atoms with Gasteiger partial charge in [0.15, 0.2) is 0 Å². The van der Waals surface area contributed by atoms with E-state index in [1.807, 2.05) is 0 Å². The molecule has 2 atom stereocenters. The smallest absolute Gasteiger partial charge is 0.0952 e. The minimum atomic E-state index is 0.431. The quantitative estimate of drug-likeness (QED) is 0.597. The van der Waals surface area contributed by atoms with Crippen molar-refractivity contribution in [2.24, 2.45) is 5.92 Å². The summed E-state index contributed by atoms with van der Waals surface area (Å²) in [6.45, 7) is 0.917. The van der Waals surface area contributed by atoms with Crippen LogP contribution in [0.2, 0.25) is 0 Å². The number of ether oxygens (including phenoxy) is 2. The normalized spacial score (nSPS) is 34.9. The van der Waals surface area contributed by atoms with Crippen molar-refractivity contribution in [2.45, 2.75) is 31.8 Å². The van der Waals surface area contributed by atoms with Gasteiger partial charge in [0.25, 0.3) is 0 Å². The van der Waals surface area contributed by atoms with Gasteiger partial charge >= 0.3 is 0 Å². The molecule has 0 N–H and O–H groups in total. The standard InChI is InChI=1S/C10H16O2/c1-11-9-4-5-10-8(7-9)3-2-6-12-10/h5,8-9H,2-4,6-7H2,1H3. The molecule has 0 spiro atoms. The fourth-order valence-corrected chi connectivity index (χ4v) is 2.09. The number of hydrogen-bond donors (Lipinski definition) is 0. The van der Waals surface area contributed by atoms with E-state index in [0.717, 1.165) is 19.4 Å². The van der Waals surface area contributed by atoms with Gasteiger partial charge in [0.1, 0.15) is 0 Å². The van der Waals surface area contributed by atoms with Gasteiger partial charge in [-0.1, -0.05) is 0 Å². The highest BCUT2D eigenvalue weighted by atomic mass is 16.5. The first kappa shape index (κ1) is 8.11. The molecule has 2 nitrogen and oxygen atoms in total. The van der Waals surface area contributed by atoms with Crippen molar-refractivity contribution >= 4 is 0 Å². The summed E-state index contributed by atoms with van der Waals surface area (Å²) < 4.78 is 10.9. The maximum absolute atomic E-state index is 5.58. The van der Waals surface area contributed by atoms with Crippen molar-refractivity contribution in [1.82, 2.24) is 0 Å². The molecule has 1 fully saturated rings. The molecule has 0 radical (unpaired) electrons. The van der Waals surface area contributed by atoms with Crippen LogP contribution in [0.1, 0.15) is 25.7 Å². The van der Waals surface area contributed by atoms with Crippen LogP contribution < -0.4 is 0 Å². The summed E-state index contributed by atoms with van der Waals surface area (Å²) in [5, 5.41) is 0. The molecular formula is C10H16O2. The van der Waals surface area contributed by atoms with Gasteiger partial charge in [-0.25, -0.2) is 0 Å². The SMILES string of the molecule is COC1CC=C2OCCCC2C1. The van der Waals surface area contributed by atoms with Crippen LogP contribution in [0.25, 0.3) is 0 Å². The topological polar surface area (TPSA) is 18.5 Å². The summed E-state index contributed by atoms with van der Waals surface area (Å²) in [5.41, 5.74) is 0. The molecule has 1 aliphatic carbocycles. The van der Waals surface area contributed by atoms with Crippen LogP contribution in [0.5, 0.6) is 0 Å². The van der Waals surface area contributed by atoms with Crippen molar-refractivity contribution in [3.63, 3.8) is 0 Å². The molecule has 0 aromatic heterocycles. The number of methoxy groups -OCH3 is 1. The van der Waals surface area contributed by atoms with Gasteiger partial charge in [-0.2, -0.15) is 0 Å². The Hall–Kier alpha value is -0.500. The van der Waals surface area contributed by atoms with Crippen molar-refractivity contribution < 1.29 is 9.47 Å². The van der Waals surface area contributed by atoms with E-state index in [2.05, 4.69) is 6.08 Å². The molecule has 12 heavy (non-hydrogen) atoms. The average molecular weight is 168 g/mol. The van der Waals surface area contributed by atoms with Gasteiger partial charge < -0.3 is 9.47 Å². The lowest BCUT2D eigenvalue weighted by atomic mass is 9.87. The van der Waals surface area contributed by atoms with Gasteiger partial charge in [0.2, 0.25) is 0 Å². The van der Waals surface area contributed by atoms with E-state index in [-0.39, 0.29) is 0 Å². The van der Waals surface area contributed by atoms with E-state index < -0.39 is 0 Å². The third kappa shape index (κ3) is 1.48. The molecule has 0 saturated carbocycles. The highest BCUT2D eigenvalue weighted by molar-refractivity contribution is 5.06. The summed E-state index contributed by atoms with van der Waals surface area (Å²) in [7, 11) is 1.80. The highest BCUT2D eigenvalue weighted by Gasteiger charge is 2.27. The van der Waals surface area contributed by atoms with Crippen LogP contribution in [0.3, 0.4) is 0 Å². The Labute approximate surface area is 73.5 Å². The van der Waals surface area contributed by atoms with Crippen molar-refractivity contribution in [3.8, 4) is 0 Å². The van der Waals surface area contributed by atoms with Gasteiger partial charge in [-0.15, -0.1) is 0 Å². The lowest BCUT2D eigenvalue weighted by molar-refractivity contribution is 0.0416. The first-order valence-corrected chi connectivity index (χ1v) is 4.76. The summed E-state index contributed by atoms with van der Waals surface area (Å²) in [6, 6.07) is 0. The number of rotatable bonds is 1. The summed E-state index contributed by atoms with van der Waals surface area (Å²) in [4.78, 5) is 0. The largest absolute Gasteiger partial charge is 0.498 e. The van der Waals surface area contributed by atoms with Crippen molar-refractivity contribution in [2.75, 3.05) is 13.7 Å². The van der Waals surface area contributed by atoms with Crippen LogP contribution in [0.15, 0.2) is 11.8 Å². The molecule has 2 unspecified atom stereocenters. The van der Waals surface area contributed by atoms with Crippen LogP contribution in [-0.2, 0) is 9.47 Å². The lowest BCUT2D eigenvalue weighted by Crippen LogP contribution is -2.26. The second kappa shape index (κ2) is 3.48. The Bertz CT molecular complexity index is 186. The minimum absolute atomic E-state index is 0.431. The second-order valence-corrected chi connectivity index (χ2v) is 3.62. The van der Waals surface area contributed by atoms with Gasteiger partial charge in [-0.05, 0) is 31.8 Å². The average Bonchev–Trinajstić information content (AvgIpc) is 2.17. The molecule has 0 aromatic rings. The first-order valence-electron chi connectivity index (χ1n) is 4.76. The van der Waals surface area contributed by atoms with E-state index in [1.165, 1.54) is 18.6 Å². The third-order valence-corrected chi connectivity index (χ3v) is 2.83. The molecule has 0 bridgehead atoms. The van der Waals surface area contributed by atoms with Crippen LogP contribution in [0, 0.1) is 5.92 Å². The fraction of sp³-hybridized carbons (Fsp3) is 0.800. The Kier molecular flexibility index (Phi) is 2.35. The summed E-state index contributed by atoms with van der Waals surface area (Å²) in [6.07, 6.45) is 7.32. The first-order chi connectivity index (χ1) is 5.90. The van der Waals surface area contributed by atoms with Crippen LogP contribution >= 0.6 is 0 Å².